The van der Waals surface area contributed by atoms with Crippen LogP contribution in [0.15, 0.2) is 48.5 Å². The van der Waals surface area contributed by atoms with E-state index in [-0.39, 0.29) is 24.3 Å². The molecule has 0 unspecified atom stereocenters. The van der Waals surface area contributed by atoms with Crippen LogP contribution in [0.4, 0.5) is 8.78 Å². The topological polar surface area (TPSA) is 84.2 Å². The van der Waals surface area contributed by atoms with Gasteiger partial charge in [-0.15, -0.1) is 0 Å². The average Bonchev–Trinajstić information content (AvgIpc) is 2.64. The molecule has 0 aromatic heterocycles. The molecule has 0 saturated heterocycles. The number of likely N-dealkylation sites (N-methyl/N-ethyl adjacent to an activating group) is 1. The molecule has 27 heavy (non-hydrogen) atoms. The largest absolute Gasteiger partial charge is 0.357 e. The molecule has 0 bridgehead atoms. The van der Waals surface area contributed by atoms with Crippen molar-refractivity contribution in [2.24, 2.45) is 5.73 Å². The first-order valence-corrected chi connectivity index (χ1v) is 8.63. The molecule has 144 valence electrons. The summed E-state index contributed by atoms with van der Waals surface area (Å²) < 4.78 is 26.9. The van der Waals surface area contributed by atoms with E-state index in [9.17, 15) is 18.4 Å². The number of halogens is 2. The van der Waals surface area contributed by atoms with E-state index in [1.165, 1.54) is 7.05 Å². The summed E-state index contributed by atoms with van der Waals surface area (Å²) in [5.41, 5.74) is 6.93. The summed E-state index contributed by atoms with van der Waals surface area (Å²) in [6.07, 6.45) is 0.235. The SMILES string of the molecule is CNC(=O)[C@@H](Cc1ccccc1)NC(=O)C[C@H](N)Cc1cc(F)ccc1F. The maximum Gasteiger partial charge on any atom is 0.242 e. The fourth-order valence-electron chi connectivity index (χ4n) is 2.78. The molecular weight excluding hydrogens is 352 g/mol. The monoisotopic (exact) mass is 375 g/mol. The van der Waals surface area contributed by atoms with Crippen molar-refractivity contribution >= 4 is 11.8 Å². The van der Waals surface area contributed by atoms with Gasteiger partial charge in [0.05, 0.1) is 0 Å². The molecule has 2 amide bonds. The van der Waals surface area contributed by atoms with Crippen molar-refractivity contribution in [1.29, 1.82) is 0 Å². The van der Waals surface area contributed by atoms with Crippen molar-refractivity contribution in [3.63, 3.8) is 0 Å². The lowest BCUT2D eigenvalue weighted by Crippen LogP contribution is -2.48. The van der Waals surface area contributed by atoms with Gasteiger partial charge in [0.15, 0.2) is 0 Å². The minimum Gasteiger partial charge on any atom is -0.357 e. The van der Waals surface area contributed by atoms with Gasteiger partial charge in [-0.05, 0) is 35.7 Å². The molecule has 0 saturated carbocycles. The predicted molar refractivity (Wildman–Crippen MR) is 98.8 cm³/mol. The van der Waals surface area contributed by atoms with Crippen LogP contribution < -0.4 is 16.4 Å². The number of carbonyl (C=O) groups is 2. The second-order valence-corrected chi connectivity index (χ2v) is 6.33. The van der Waals surface area contributed by atoms with E-state index >= 15 is 0 Å². The van der Waals surface area contributed by atoms with E-state index in [4.69, 9.17) is 5.73 Å². The summed E-state index contributed by atoms with van der Waals surface area (Å²) in [6.45, 7) is 0. The minimum absolute atomic E-state index is 0.0142. The minimum atomic E-state index is -0.747. The Hall–Kier alpha value is -2.80. The zero-order valence-electron chi connectivity index (χ0n) is 15.0. The van der Waals surface area contributed by atoms with Crippen molar-refractivity contribution in [3.05, 3.63) is 71.3 Å². The van der Waals surface area contributed by atoms with Gasteiger partial charge in [-0.25, -0.2) is 8.78 Å². The number of hydrogen-bond donors (Lipinski definition) is 3. The van der Waals surface area contributed by atoms with Crippen LogP contribution >= 0.6 is 0 Å². The highest BCUT2D eigenvalue weighted by Gasteiger charge is 2.21. The molecule has 2 aromatic carbocycles. The third-order valence-corrected chi connectivity index (χ3v) is 4.12. The van der Waals surface area contributed by atoms with Crippen LogP contribution in [0.1, 0.15) is 17.5 Å². The Balaban J connectivity index is 1.96. The van der Waals surface area contributed by atoms with Gasteiger partial charge in [-0.3, -0.25) is 9.59 Å². The van der Waals surface area contributed by atoms with E-state index in [0.29, 0.717) is 6.42 Å². The molecule has 0 heterocycles. The second-order valence-electron chi connectivity index (χ2n) is 6.33. The van der Waals surface area contributed by atoms with Crippen LogP contribution in [0, 0.1) is 11.6 Å². The Morgan fingerprint density at radius 2 is 1.78 bits per heavy atom. The molecule has 0 aliphatic rings. The van der Waals surface area contributed by atoms with Crippen LogP contribution in [0.5, 0.6) is 0 Å². The van der Waals surface area contributed by atoms with Gasteiger partial charge in [-0.1, -0.05) is 30.3 Å². The number of carbonyl (C=O) groups excluding carboxylic acids is 2. The van der Waals surface area contributed by atoms with E-state index in [1.54, 1.807) is 0 Å². The summed E-state index contributed by atoms with van der Waals surface area (Å²) >= 11 is 0. The molecule has 2 atom stereocenters. The number of nitrogens with two attached hydrogens (primary N) is 1. The van der Waals surface area contributed by atoms with Gasteiger partial charge >= 0.3 is 0 Å². The maximum atomic E-state index is 13.7. The van der Waals surface area contributed by atoms with Gasteiger partial charge in [0.1, 0.15) is 17.7 Å². The lowest BCUT2D eigenvalue weighted by atomic mass is 10.0. The number of benzene rings is 2. The lowest BCUT2D eigenvalue weighted by Gasteiger charge is -2.19. The van der Waals surface area contributed by atoms with Crippen molar-refractivity contribution in [2.75, 3.05) is 7.05 Å². The third-order valence-electron chi connectivity index (χ3n) is 4.12. The molecule has 5 nitrogen and oxygen atoms in total. The molecule has 0 radical (unpaired) electrons. The molecule has 0 aliphatic carbocycles. The van der Waals surface area contributed by atoms with E-state index in [1.807, 2.05) is 30.3 Å². The van der Waals surface area contributed by atoms with E-state index < -0.39 is 29.6 Å². The highest BCUT2D eigenvalue weighted by atomic mass is 19.1. The average molecular weight is 375 g/mol. The van der Waals surface area contributed by atoms with Crippen molar-refractivity contribution in [3.8, 4) is 0 Å². The second kappa shape index (κ2) is 9.78. The predicted octanol–water partition coefficient (Wildman–Crippen LogP) is 1.70. The molecule has 0 fully saturated rings. The fourth-order valence-corrected chi connectivity index (χ4v) is 2.78. The molecule has 0 spiro atoms. The summed E-state index contributed by atoms with van der Waals surface area (Å²) in [4.78, 5) is 24.3. The van der Waals surface area contributed by atoms with Crippen LogP contribution in [0.3, 0.4) is 0 Å². The molecule has 4 N–H and O–H groups in total. The third kappa shape index (κ3) is 6.45. The summed E-state index contributed by atoms with van der Waals surface area (Å²) in [5, 5.41) is 5.18. The number of hydrogen-bond acceptors (Lipinski definition) is 3. The smallest absolute Gasteiger partial charge is 0.242 e. The summed E-state index contributed by atoms with van der Waals surface area (Å²) in [6, 6.07) is 10.9. The van der Waals surface area contributed by atoms with Gasteiger partial charge in [0.25, 0.3) is 0 Å². The first kappa shape index (κ1) is 20.5. The molecule has 2 rings (SSSR count). The molecule has 0 aliphatic heterocycles. The van der Waals surface area contributed by atoms with Crippen molar-refractivity contribution in [2.45, 2.75) is 31.3 Å². The first-order valence-electron chi connectivity index (χ1n) is 8.63. The maximum absolute atomic E-state index is 13.7. The van der Waals surface area contributed by atoms with Crippen LogP contribution in [0.2, 0.25) is 0 Å². The van der Waals surface area contributed by atoms with Gasteiger partial charge in [0, 0.05) is 25.9 Å². The molecule has 2 aromatic rings. The zero-order valence-corrected chi connectivity index (χ0v) is 15.0. The van der Waals surface area contributed by atoms with E-state index in [2.05, 4.69) is 10.6 Å². The summed E-state index contributed by atoms with van der Waals surface area (Å²) in [5.74, 6) is -1.88. The van der Waals surface area contributed by atoms with Gasteiger partial charge in [0.2, 0.25) is 11.8 Å². The Morgan fingerprint density at radius 3 is 2.44 bits per heavy atom. The number of nitrogens with one attached hydrogen (secondary N) is 2. The highest BCUT2D eigenvalue weighted by Crippen LogP contribution is 2.12. The van der Waals surface area contributed by atoms with Crippen molar-refractivity contribution < 1.29 is 18.4 Å². The molecule has 7 heteroatoms. The van der Waals surface area contributed by atoms with Crippen LogP contribution in [-0.2, 0) is 22.4 Å². The summed E-state index contributed by atoms with van der Waals surface area (Å²) in [7, 11) is 1.49. The number of amides is 2. The quantitative estimate of drug-likeness (QED) is 0.657. The lowest BCUT2D eigenvalue weighted by molar-refractivity contribution is -0.128. The number of rotatable bonds is 8. The Labute approximate surface area is 157 Å². The normalized spacial score (nSPS) is 12.9. The Kier molecular flexibility index (Phi) is 7.43. The Morgan fingerprint density at radius 1 is 1.07 bits per heavy atom. The van der Waals surface area contributed by atoms with Gasteiger partial charge in [-0.2, -0.15) is 0 Å². The fraction of sp³-hybridized carbons (Fsp3) is 0.300. The standard InChI is InChI=1S/C20H23F2N3O2/c1-24-20(27)18(9-13-5-3-2-4-6-13)25-19(26)12-16(23)11-14-10-15(21)7-8-17(14)22/h2-8,10,16,18H,9,11-12,23H2,1H3,(H,24,27)(H,25,26)/t16-,18-/m1/s1. The van der Waals surface area contributed by atoms with E-state index in [0.717, 1.165) is 23.8 Å². The molecular formula is C20H23F2N3O2. The van der Waals surface area contributed by atoms with Crippen molar-refractivity contribution in [1.82, 2.24) is 10.6 Å². The Bertz CT molecular complexity index is 784. The van der Waals surface area contributed by atoms with Crippen LogP contribution in [-0.4, -0.2) is 30.9 Å². The highest BCUT2D eigenvalue weighted by molar-refractivity contribution is 5.87. The first-order chi connectivity index (χ1) is 12.9. The van der Waals surface area contributed by atoms with Gasteiger partial charge < -0.3 is 16.4 Å². The van der Waals surface area contributed by atoms with Crippen LogP contribution in [0.25, 0.3) is 0 Å². The zero-order chi connectivity index (χ0) is 19.8.